The number of hydrogen-bond donors (Lipinski definition) is 1. The summed E-state index contributed by atoms with van der Waals surface area (Å²) in [6.07, 6.45) is 1.81. The summed E-state index contributed by atoms with van der Waals surface area (Å²) >= 11 is 0. The number of benzene rings is 2. The summed E-state index contributed by atoms with van der Waals surface area (Å²) in [4.78, 5) is 3.35. The van der Waals surface area contributed by atoms with Crippen molar-refractivity contribution in [3.05, 3.63) is 60.3 Å². The first kappa shape index (κ1) is 10.8. The van der Waals surface area contributed by atoms with Crippen molar-refractivity contribution in [2.75, 3.05) is 0 Å². The molecule has 2 aromatic carbocycles. The van der Waals surface area contributed by atoms with Gasteiger partial charge >= 0.3 is 0 Å². The van der Waals surface area contributed by atoms with E-state index in [-0.39, 0.29) is 0 Å². The molecule has 0 unspecified atom stereocenters. The van der Waals surface area contributed by atoms with E-state index in [4.69, 9.17) is 5.26 Å². The molecule has 4 rings (SSSR count). The predicted molar refractivity (Wildman–Crippen MR) is 77.6 cm³/mol. The summed E-state index contributed by atoms with van der Waals surface area (Å²) in [5, 5.41) is 15.6. The number of rotatable bonds is 1. The lowest BCUT2D eigenvalue weighted by Crippen LogP contribution is -1.95. The number of nitrogens with zero attached hydrogens (tertiary/aromatic N) is 3. The highest BCUT2D eigenvalue weighted by atomic mass is 15.3. The molecule has 0 aliphatic carbocycles. The Bertz CT molecular complexity index is 936. The van der Waals surface area contributed by atoms with Gasteiger partial charge in [-0.05, 0) is 30.3 Å². The number of aromatic nitrogens is 3. The topological polar surface area (TPSA) is 57.4 Å². The Labute approximate surface area is 114 Å². The minimum atomic E-state index is 0.635. The van der Waals surface area contributed by atoms with Crippen molar-refractivity contribution < 1.29 is 0 Å². The van der Waals surface area contributed by atoms with Gasteiger partial charge in [0, 0.05) is 16.3 Å². The Hall–Kier alpha value is -3.06. The van der Waals surface area contributed by atoms with Gasteiger partial charge in [-0.25, -0.2) is 4.68 Å². The molecule has 0 saturated carbocycles. The van der Waals surface area contributed by atoms with Gasteiger partial charge in [-0.15, -0.1) is 0 Å². The van der Waals surface area contributed by atoms with Gasteiger partial charge in [0.05, 0.1) is 23.3 Å². The van der Waals surface area contributed by atoms with E-state index in [9.17, 15) is 0 Å². The van der Waals surface area contributed by atoms with Gasteiger partial charge in [0.15, 0.2) is 0 Å². The number of aromatic amines is 1. The van der Waals surface area contributed by atoms with Crippen molar-refractivity contribution >= 4 is 21.8 Å². The molecule has 20 heavy (non-hydrogen) atoms. The molecule has 0 atom stereocenters. The van der Waals surface area contributed by atoms with Crippen molar-refractivity contribution in [1.82, 2.24) is 14.8 Å². The van der Waals surface area contributed by atoms with E-state index in [1.54, 1.807) is 6.07 Å². The summed E-state index contributed by atoms with van der Waals surface area (Å²) in [5.74, 6) is 0.899. The lowest BCUT2D eigenvalue weighted by atomic mass is 10.2. The fraction of sp³-hybridized carbons (Fsp3) is 0. The summed E-state index contributed by atoms with van der Waals surface area (Å²) in [7, 11) is 0. The molecule has 0 bridgehead atoms. The molecule has 0 aliphatic rings. The summed E-state index contributed by atoms with van der Waals surface area (Å²) < 4.78 is 1.83. The van der Waals surface area contributed by atoms with Crippen molar-refractivity contribution in [2.24, 2.45) is 0 Å². The first-order valence-corrected chi connectivity index (χ1v) is 6.31. The second-order valence-electron chi connectivity index (χ2n) is 4.68. The van der Waals surface area contributed by atoms with Crippen molar-refractivity contribution in [3.63, 3.8) is 0 Å². The Morgan fingerprint density at radius 1 is 1.05 bits per heavy atom. The quantitative estimate of drug-likeness (QED) is 0.569. The Kier molecular flexibility index (Phi) is 2.15. The van der Waals surface area contributed by atoms with E-state index in [2.05, 4.69) is 28.3 Å². The van der Waals surface area contributed by atoms with Crippen LogP contribution in [0.5, 0.6) is 0 Å². The second kappa shape index (κ2) is 3.97. The molecule has 0 amide bonds. The molecule has 2 aromatic heterocycles. The van der Waals surface area contributed by atoms with Gasteiger partial charge in [0.2, 0.25) is 0 Å². The zero-order valence-electron chi connectivity index (χ0n) is 10.5. The first-order chi connectivity index (χ1) is 9.85. The second-order valence-corrected chi connectivity index (χ2v) is 4.68. The van der Waals surface area contributed by atoms with Crippen molar-refractivity contribution in [1.29, 1.82) is 5.26 Å². The van der Waals surface area contributed by atoms with Crippen LogP contribution in [0, 0.1) is 11.3 Å². The zero-order valence-corrected chi connectivity index (χ0v) is 10.5. The average molecular weight is 258 g/mol. The highest BCUT2D eigenvalue weighted by molar-refractivity contribution is 5.85. The van der Waals surface area contributed by atoms with Crippen LogP contribution in [-0.4, -0.2) is 14.8 Å². The van der Waals surface area contributed by atoms with Crippen LogP contribution < -0.4 is 0 Å². The van der Waals surface area contributed by atoms with Gasteiger partial charge < -0.3 is 4.98 Å². The normalized spacial score (nSPS) is 10.9. The largest absolute Gasteiger partial charge is 0.340 e. The van der Waals surface area contributed by atoms with Crippen LogP contribution in [0.1, 0.15) is 5.56 Å². The van der Waals surface area contributed by atoms with Crippen LogP contribution in [0.2, 0.25) is 0 Å². The molecule has 1 N–H and O–H groups in total. The number of nitriles is 1. The maximum atomic E-state index is 9.02. The van der Waals surface area contributed by atoms with Crippen molar-refractivity contribution in [3.8, 4) is 11.9 Å². The molecule has 0 aliphatic heterocycles. The van der Waals surface area contributed by atoms with Crippen molar-refractivity contribution in [2.45, 2.75) is 0 Å². The number of hydrogen-bond acceptors (Lipinski definition) is 2. The van der Waals surface area contributed by atoms with E-state index in [0.717, 1.165) is 27.6 Å². The van der Waals surface area contributed by atoms with Gasteiger partial charge in [-0.1, -0.05) is 18.2 Å². The lowest BCUT2D eigenvalue weighted by molar-refractivity contribution is 0.886. The average Bonchev–Trinajstić information content (AvgIpc) is 3.09. The van der Waals surface area contributed by atoms with E-state index < -0.39 is 0 Å². The maximum absolute atomic E-state index is 9.02. The molecule has 2 heterocycles. The van der Waals surface area contributed by atoms with Crippen LogP contribution in [0.4, 0.5) is 0 Å². The van der Waals surface area contributed by atoms with E-state index in [1.165, 1.54) is 0 Å². The standard InChI is InChI=1S/C16H10N4/c17-9-11-5-6-13-10-18-20(15(13)7-11)16-8-12-3-1-2-4-14(12)19-16/h1-8,10,19H. The first-order valence-electron chi connectivity index (χ1n) is 6.31. The number of fused-ring (bicyclic) bond motifs is 2. The van der Waals surface area contributed by atoms with Crippen LogP contribution >= 0.6 is 0 Å². The van der Waals surface area contributed by atoms with E-state index in [1.807, 2.05) is 41.2 Å². The fourth-order valence-electron chi connectivity index (χ4n) is 2.45. The van der Waals surface area contributed by atoms with Crippen LogP contribution in [0.3, 0.4) is 0 Å². The maximum Gasteiger partial charge on any atom is 0.133 e. The molecule has 0 spiro atoms. The van der Waals surface area contributed by atoms with Gasteiger partial charge in [-0.2, -0.15) is 10.4 Å². The molecule has 94 valence electrons. The highest BCUT2D eigenvalue weighted by Gasteiger charge is 2.08. The van der Waals surface area contributed by atoms with Gasteiger partial charge in [0.1, 0.15) is 5.82 Å². The lowest BCUT2D eigenvalue weighted by Gasteiger charge is -2.00. The number of para-hydroxylation sites is 1. The van der Waals surface area contributed by atoms with Gasteiger partial charge in [-0.3, -0.25) is 0 Å². The fourth-order valence-corrected chi connectivity index (χ4v) is 2.45. The SMILES string of the molecule is N#Cc1ccc2cnn(-c3cc4ccccc4[nH]3)c2c1. The number of nitrogens with one attached hydrogen (secondary N) is 1. The Morgan fingerprint density at radius 2 is 1.95 bits per heavy atom. The van der Waals surface area contributed by atoms with E-state index >= 15 is 0 Å². The molecule has 0 saturated heterocycles. The summed E-state index contributed by atoms with van der Waals surface area (Å²) in [5.41, 5.74) is 2.63. The van der Waals surface area contributed by atoms with Gasteiger partial charge in [0.25, 0.3) is 0 Å². The third kappa shape index (κ3) is 1.50. The molecule has 4 nitrogen and oxygen atoms in total. The summed E-state index contributed by atoms with van der Waals surface area (Å²) in [6, 6.07) is 17.9. The molecule has 0 radical (unpaired) electrons. The molecular formula is C16H10N4. The summed E-state index contributed by atoms with van der Waals surface area (Å²) in [6.45, 7) is 0. The van der Waals surface area contributed by atoms with E-state index in [0.29, 0.717) is 5.56 Å². The highest BCUT2D eigenvalue weighted by Crippen LogP contribution is 2.22. The Morgan fingerprint density at radius 3 is 2.80 bits per heavy atom. The van der Waals surface area contributed by atoms with Crippen LogP contribution in [0.25, 0.3) is 27.6 Å². The smallest absolute Gasteiger partial charge is 0.133 e. The predicted octanol–water partition coefficient (Wildman–Crippen LogP) is 3.38. The molecule has 4 aromatic rings. The van der Waals surface area contributed by atoms with Crippen LogP contribution in [0.15, 0.2) is 54.7 Å². The number of H-pyrrole nitrogens is 1. The molecular weight excluding hydrogens is 248 g/mol. The Balaban J connectivity index is 1.99. The third-order valence-electron chi connectivity index (χ3n) is 3.44. The molecule has 4 heteroatoms. The van der Waals surface area contributed by atoms with Crippen LogP contribution in [-0.2, 0) is 0 Å². The molecule has 0 fully saturated rings. The minimum absolute atomic E-state index is 0.635. The zero-order chi connectivity index (χ0) is 13.5. The minimum Gasteiger partial charge on any atom is -0.340 e. The monoisotopic (exact) mass is 258 g/mol. The third-order valence-corrected chi connectivity index (χ3v) is 3.44.